The minimum Gasteiger partial charge on any atom is -0.417 e. The Balaban J connectivity index is 1.93. The molecule has 0 aromatic heterocycles. The van der Waals surface area contributed by atoms with E-state index in [0.29, 0.717) is 12.5 Å². The first-order chi connectivity index (χ1) is 19.8. The Hall–Kier alpha value is -1.36. The molecule has 3 rings (SSSR count). The van der Waals surface area contributed by atoms with E-state index in [9.17, 15) is 4.21 Å². The van der Waals surface area contributed by atoms with Crippen molar-refractivity contribution >= 4 is 38.0 Å². The summed E-state index contributed by atoms with van der Waals surface area (Å²) in [5, 5.41) is 2.71. The highest BCUT2D eigenvalue weighted by Gasteiger charge is 2.50. The molecular weight excluding hydrogens is 583 g/mol. The smallest absolute Gasteiger partial charge is 0.261 e. The van der Waals surface area contributed by atoms with Crippen LogP contribution in [-0.2, 0) is 19.8 Å². The molecule has 0 spiro atoms. The molecule has 7 heteroatoms. The van der Waals surface area contributed by atoms with Crippen molar-refractivity contribution in [2.24, 2.45) is 5.92 Å². The zero-order chi connectivity index (χ0) is 32.3. The molecule has 3 atom stereocenters. The van der Waals surface area contributed by atoms with Crippen molar-refractivity contribution in [3.63, 3.8) is 0 Å². The molecular formula is C36H59NO3SSi2. The summed E-state index contributed by atoms with van der Waals surface area (Å²) in [5.41, 5.74) is 1.39. The van der Waals surface area contributed by atoms with Crippen LogP contribution in [0.4, 0.5) is 0 Å². The monoisotopic (exact) mass is 641 g/mol. The van der Waals surface area contributed by atoms with E-state index in [1.807, 2.05) is 0 Å². The van der Waals surface area contributed by atoms with E-state index >= 15 is 0 Å². The van der Waals surface area contributed by atoms with Gasteiger partial charge in [-0.2, -0.15) is 0 Å². The lowest BCUT2D eigenvalue weighted by atomic mass is 9.97. The molecule has 1 unspecified atom stereocenters. The van der Waals surface area contributed by atoms with Crippen LogP contribution in [0.1, 0.15) is 82.1 Å². The third kappa shape index (κ3) is 8.27. The molecule has 1 aliphatic rings. The number of nitrogens with zero attached hydrogens (tertiary/aromatic N) is 1. The fraction of sp³-hybridized carbons (Fsp3) is 0.611. The summed E-state index contributed by atoms with van der Waals surface area (Å²) in [4.78, 5) is 0. The summed E-state index contributed by atoms with van der Waals surface area (Å²) < 4.78 is 29.6. The Morgan fingerprint density at radius 2 is 1.33 bits per heavy atom. The van der Waals surface area contributed by atoms with Gasteiger partial charge < -0.3 is 8.85 Å². The van der Waals surface area contributed by atoms with Crippen LogP contribution in [0.25, 0.3) is 0 Å². The number of rotatable bonds is 11. The van der Waals surface area contributed by atoms with Crippen molar-refractivity contribution in [3.05, 3.63) is 72.3 Å². The summed E-state index contributed by atoms with van der Waals surface area (Å²) >= 11 is 0. The summed E-state index contributed by atoms with van der Waals surface area (Å²) in [7, 11) is -5.55. The van der Waals surface area contributed by atoms with Crippen molar-refractivity contribution in [2.45, 2.75) is 116 Å². The van der Waals surface area contributed by atoms with E-state index < -0.39 is 27.6 Å². The molecule has 0 radical (unpaired) electrons. The lowest BCUT2D eigenvalue weighted by Gasteiger charge is -2.43. The van der Waals surface area contributed by atoms with Gasteiger partial charge >= 0.3 is 0 Å². The number of hydrogen-bond acceptors (Lipinski definition) is 3. The molecule has 2 aromatic rings. The standard InChI is InChI=1S/C36H59NO3SSi2/c1-29-28-37(41(38)34(2,3)4)33(32(29)24-19-26-39-42(11,12)35(5,6)7)25-27-40-43(36(8,9)10,30-20-15-13-16-21-30)31-22-17-14-18-23-31/h13-18,20-24,29,33H,19,25-28H2,1-12H3/b32-24-/t29?,33-,41-/m1/s1. The van der Waals surface area contributed by atoms with Gasteiger partial charge in [0.1, 0.15) is 11.0 Å². The first-order valence-electron chi connectivity index (χ1n) is 16.1. The van der Waals surface area contributed by atoms with Crippen LogP contribution in [0.5, 0.6) is 0 Å². The second-order valence-corrected chi connectivity index (χ2v) is 27.1. The van der Waals surface area contributed by atoms with E-state index in [1.54, 1.807) is 0 Å². The van der Waals surface area contributed by atoms with Crippen LogP contribution in [-0.4, -0.2) is 55.7 Å². The molecule has 0 amide bonds. The highest BCUT2D eigenvalue weighted by atomic mass is 32.2. The molecule has 43 heavy (non-hydrogen) atoms. The summed E-state index contributed by atoms with van der Waals surface area (Å²) in [6, 6.07) is 21.8. The Kier molecular flexibility index (Phi) is 11.7. The van der Waals surface area contributed by atoms with E-state index in [4.69, 9.17) is 8.85 Å². The zero-order valence-electron chi connectivity index (χ0n) is 29.1. The number of hydrogen-bond donors (Lipinski definition) is 0. The van der Waals surface area contributed by atoms with Gasteiger partial charge in [-0.1, -0.05) is 121 Å². The van der Waals surface area contributed by atoms with Crippen molar-refractivity contribution in [1.29, 1.82) is 0 Å². The van der Waals surface area contributed by atoms with Crippen LogP contribution in [0.2, 0.25) is 23.2 Å². The fourth-order valence-electron chi connectivity index (χ4n) is 6.02. The molecule has 1 fully saturated rings. The van der Waals surface area contributed by atoms with Crippen LogP contribution < -0.4 is 10.4 Å². The van der Waals surface area contributed by atoms with Gasteiger partial charge in [0.25, 0.3) is 8.32 Å². The Bertz CT molecular complexity index is 1190. The fourth-order valence-corrected chi connectivity index (χ4v) is 13.2. The van der Waals surface area contributed by atoms with Crippen LogP contribution >= 0.6 is 0 Å². The largest absolute Gasteiger partial charge is 0.417 e. The molecule has 240 valence electrons. The highest BCUT2D eigenvalue weighted by molar-refractivity contribution is 7.84. The third-order valence-corrected chi connectivity index (χ3v) is 20.8. The van der Waals surface area contributed by atoms with Crippen LogP contribution in [0.15, 0.2) is 72.3 Å². The molecule has 0 aliphatic carbocycles. The van der Waals surface area contributed by atoms with E-state index in [1.165, 1.54) is 15.9 Å². The van der Waals surface area contributed by atoms with Gasteiger partial charge in [0, 0.05) is 25.8 Å². The molecule has 0 N–H and O–H groups in total. The molecule has 1 saturated heterocycles. The average Bonchev–Trinajstić information content (AvgIpc) is 3.22. The van der Waals surface area contributed by atoms with Gasteiger partial charge in [-0.3, -0.25) is 0 Å². The van der Waals surface area contributed by atoms with Gasteiger partial charge in [-0.05, 0) is 73.1 Å². The SMILES string of the molecule is CC1CN([S@](=O)C(C)(C)C)[C@H](CCO[Si](c2ccccc2)(c2ccccc2)C(C)(C)C)/C1=C\CCO[Si](C)(C)C(C)(C)C. The molecule has 4 nitrogen and oxygen atoms in total. The number of benzene rings is 2. The van der Waals surface area contributed by atoms with E-state index in [-0.39, 0.29) is 20.9 Å². The lowest BCUT2D eigenvalue weighted by Crippen LogP contribution is -2.66. The van der Waals surface area contributed by atoms with Crippen LogP contribution in [0.3, 0.4) is 0 Å². The predicted octanol–water partition coefficient (Wildman–Crippen LogP) is 8.07. The van der Waals surface area contributed by atoms with Crippen molar-refractivity contribution in [1.82, 2.24) is 4.31 Å². The minimum atomic E-state index is -2.65. The van der Waals surface area contributed by atoms with Crippen LogP contribution in [0, 0.1) is 5.92 Å². The summed E-state index contributed by atoms with van der Waals surface area (Å²) in [6.45, 7) is 29.2. The average molecular weight is 642 g/mol. The molecule has 1 heterocycles. The van der Waals surface area contributed by atoms with Gasteiger partial charge in [0.15, 0.2) is 8.32 Å². The maximum atomic E-state index is 13.9. The van der Waals surface area contributed by atoms with E-state index in [2.05, 4.69) is 153 Å². The summed E-state index contributed by atoms with van der Waals surface area (Å²) in [5.74, 6) is 0.344. The first-order valence-corrected chi connectivity index (χ1v) is 22.0. The second-order valence-electron chi connectivity index (χ2n) is 15.8. The molecule has 1 aliphatic heterocycles. The minimum absolute atomic E-state index is 0.0770. The quantitative estimate of drug-likeness (QED) is 0.142. The van der Waals surface area contributed by atoms with E-state index in [0.717, 1.165) is 26.0 Å². The Morgan fingerprint density at radius 1 is 0.814 bits per heavy atom. The Morgan fingerprint density at radius 3 is 1.77 bits per heavy atom. The van der Waals surface area contributed by atoms with Gasteiger partial charge in [0.05, 0.1) is 4.75 Å². The van der Waals surface area contributed by atoms with Crippen molar-refractivity contribution in [2.75, 3.05) is 19.8 Å². The topological polar surface area (TPSA) is 38.8 Å². The maximum Gasteiger partial charge on any atom is 0.261 e. The first kappa shape index (κ1) is 36.1. The van der Waals surface area contributed by atoms with Gasteiger partial charge in [-0.25, -0.2) is 8.51 Å². The molecule has 2 aromatic carbocycles. The second kappa shape index (κ2) is 14.0. The zero-order valence-corrected chi connectivity index (χ0v) is 31.9. The van der Waals surface area contributed by atoms with Crippen molar-refractivity contribution in [3.8, 4) is 0 Å². The normalized spacial score (nSPS) is 21.0. The predicted molar refractivity (Wildman–Crippen MR) is 192 cm³/mol. The highest BCUT2D eigenvalue weighted by Crippen LogP contribution is 2.40. The summed E-state index contributed by atoms with van der Waals surface area (Å²) in [6.07, 6.45) is 4.09. The van der Waals surface area contributed by atoms with Crippen molar-refractivity contribution < 1.29 is 13.1 Å². The third-order valence-electron chi connectivity index (χ3n) is 9.39. The lowest BCUT2D eigenvalue weighted by molar-refractivity contribution is 0.262. The van der Waals surface area contributed by atoms with Gasteiger partial charge in [0.2, 0.25) is 0 Å². The van der Waals surface area contributed by atoms with Gasteiger partial charge in [-0.15, -0.1) is 0 Å². The molecule has 0 saturated carbocycles. The Labute approximate surface area is 268 Å². The maximum absolute atomic E-state index is 13.9. The molecule has 0 bridgehead atoms.